The lowest BCUT2D eigenvalue weighted by Crippen LogP contribution is -2.33. The van der Waals surface area contributed by atoms with Crippen LogP contribution in [0.4, 0.5) is 11.4 Å². The van der Waals surface area contributed by atoms with Crippen molar-refractivity contribution >= 4 is 11.4 Å². The largest absolute Gasteiger partial charge is 0.492 e. The monoisotopic (exact) mass is 236 g/mol. The topological polar surface area (TPSA) is 38.5 Å². The van der Waals surface area contributed by atoms with Crippen molar-refractivity contribution < 1.29 is 4.74 Å². The van der Waals surface area contributed by atoms with Crippen LogP contribution in [0, 0.1) is 5.92 Å². The summed E-state index contributed by atoms with van der Waals surface area (Å²) in [4.78, 5) is 2.26. The third-order valence-electron chi connectivity index (χ3n) is 3.28. The maximum absolute atomic E-state index is 5.87. The summed E-state index contributed by atoms with van der Waals surface area (Å²) in [5.74, 6) is 1.38. The van der Waals surface area contributed by atoms with Gasteiger partial charge in [0.05, 0.1) is 12.3 Å². The van der Waals surface area contributed by atoms with Crippen LogP contribution in [0.2, 0.25) is 0 Å². The van der Waals surface area contributed by atoms with E-state index in [1.54, 1.807) is 0 Å². The van der Waals surface area contributed by atoms with E-state index in [1.165, 1.54) is 0 Å². The van der Waals surface area contributed by atoms with E-state index in [1.807, 2.05) is 25.1 Å². The summed E-state index contributed by atoms with van der Waals surface area (Å²) in [6.07, 6.45) is 0. The second-order valence-electron chi connectivity index (χ2n) is 4.75. The first-order valence-electron chi connectivity index (χ1n) is 6.22. The highest BCUT2D eigenvalue weighted by Crippen LogP contribution is 2.29. The molecule has 0 fully saturated rings. The lowest BCUT2D eigenvalue weighted by atomic mass is 10.0. The average molecular weight is 236 g/mol. The lowest BCUT2D eigenvalue weighted by Gasteiger charge is -2.30. The molecule has 0 spiro atoms. The number of hydrogen-bond acceptors (Lipinski definition) is 3. The quantitative estimate of drug-likeness (QED) is 0.798. The molecular weight excluding hydrogens is 212 g/mol. The first kappa shape index (κ1) is 13.7. The first-order chi connectivity index (χ1) is 7.97. The number of rotatable bonds is 5. The van der Waals surface area contributed by atoms with E-state index in [0.29, 0.717) is 24.3 Å². The van der Waals surface area contributed by atoms with Crippen LogP contribution in [0.3, 0.4) is 0 Å². The third-order valence-corrected chi connectivity index (χ3v) is 3.28. The Morgan fingerprint density at radius 3 is 2.47 bits per heavy atom. The number of ether oxygens (including phenoxy) is 1. The molecule has 0 saturated carbocycles. The molecule has 3 heteroatoms. The van der Waals surface area contributed by atoms with Gasteiger partial charge in [0, 0.05) is 24.8 Å². The van der Waals surface area contributed by atoms with Crippen molar-refractivity contribution in [3.05, 3.63) is 18.2 Å². The van der Waals surface area contributed by atoms with Crippen LogP contribution in [0.1, 0.15) is 27.7 Å². The van der Waals surface area contributed by atoms with Gasteiger partial charge in [0.25, 0.3) is 0 Å². The molecule has 0 radical (unpaired) electrons. The van der Waals surface area contributed by atoms with Crippen molar-refractivity contribution in [1.82, 2.24) is 0 Å². The molecule has 2 N–H and O–H groups in total. The highest BCUT2D eigenvalue weighted by Gasteiger charge is 2.14. The number of anilines is 2. The van der Waals surface area contributed by atoms with E-state index in [2.05, 4.69) is 32.7 Å². The number of benzene rings is 1. The van der Waals surface area contributed by atoms with Crippen LogP contribution in [-0.4, -0.2) is 19.7 Å². The number of nitrogen functional groups attached to an aromatic ring is 1. The van der Waals surface area contributed by atoms with E-state index in [4.69, 9.17) is 10.5 Å². The summed E-state index contributed by atoms with van der Waals surface area (Å²) in [5, 5.41) is 0. The molecule has 0 aliphatic rings. The normalized spacial score (nSPS) is 12.6. The van der Waals surface area contributed by atoms with Gasteiger partial charge in [-0.1, -0.05) is 13.8 Å². The van der Waals surface area contributed by atoms with Gasteiger partial charge < -0.3 is 15.4 Å². The zero-order chi connectivity index (χ0) is 13.0. The smallest absolute Gasteiger partial charge is 0.144 e. The predicted octanol–water partition coefficient (Wildman–Crippen LogP) is 3.15. The molecule has 0 bridgehead atoms. The van der Waals surface area contributed by atoms with E-state index in [-0.39, 0.29) is 0 Å². The lowest BCUT2D eigenvalue weighted by molar-refractivity contribution is 0.342. The Balaban J connectivity index is 2.94. The fraction of sp³-hybridized carbons (Fsp3) is 0.571. The van der Waals surface area contributed by atoms with Gasteiger partial charge in [-0.25, -0.2) is 0 Å². The molecule has 0 aromatic heterocycles. The van der Waals surface area contributed by atoms with Crippen LogP contribution in [0.25, 0.3) is 0 Å². The Hall–Kier alpha value is -1.38. The van der Waals surface area contributed by atoms with Gasteiger partial charge in [0.1, 0.15) is 5.75 Å². The molecule has 17 heavy (non-hydrogen) atoms. The van der Waals surface area contributed by atoms with Crippen LogP contribution in [0.15, 0.2) is 18.2 Å². The van der Waals surface area contributed by atoms with Gasteiger partial charge in [0.15, 0.2) is 0 Å². The molecule has 1 aromatic carbocycles. The average Bonchev–Trinajstić information content (AvgIpc) is 2.30. The molecule has 0 saturated heterocycles. The van der Waals surface area contributed by atoms with Crippen molar-refractivity contribution in [3.63, 3.8) is 0 Å². The minimum absolute atomic E-state index is 0.480. The highest BCUT2D eigenvalue weighted by molar-refractivity contribution is 5.62. The molecule has 1 unspecified atom stereocenters. The molecule has 1 aromatic rings. The Labute approximate surface area is 105 Å². The second kappa shape index (κ2) is 5.80. The van der Waals surface area contributed by atoms with E-state index >= 15 is 0 Å². The first-order valence-corrected chi connectivity index (χ1v) is 6.22. The predicted molar refractivity (Wildman–Crippen MR) is 74.7 cm³/mol. The van der Waals surface area contributed by atoms with Crippen LogP contribution in [0.5, 0.6) is 5.75 Å². The van der Waals surface area contributed by atoms with E-state index in [0.717, 1.165) is 11.4 Å². The highest BCUT2D eigenvalue weighted by atomic mass is 16.5. The summed E-state index contributed by atoms with van der Waals surface area (Å²) in [6.45, 7) is 9.27. The fourth-order valence-corrected chi connectivity index (χ4v) is 1.71. The van der Waals surface area contributed by atoms with Crippen LogP contribution >= 0.6 is 0 Å². The standard InChI is InChI=1S/C14H24N2O/c1-6-17-14-9-12(7-8-13(14)15)16(5)11(4)10(2)3/h7-11H,6,15H2,1-5H3. The molecule has 0 aliphatic heterocycles. The molecule has 0 aliphatic carbocycles. The van der Waals surface area contributed by atoms with E-state index in [9.17, 15) is 0 Å². The molecular formula is C14H24N2O. The maximum Gasteiger partial charge on any atom is 0.144 e. The fourth-order valence-electron chi connectivity index (χ4n) is 1.71. The number of hydrogen-bond donors (Lipinski definition) is 1. The molecule has 96 valence electrons. The van der Waals surface area contributed by atoms with Gasteiger partial charge in [-0.2, -0.15) is 0 Å². The number of nitrogens with two attached hydrogens (primary N) is 1. The van der Waals surface area contributed by atoms with Crippen molar-refractivity contribution in [1.29, 1.82) is 0 Å². The van der Waals surface area contributed by atoms with Gasteiger partial charge in [-0.05, 0) is 31.9 Å². The van der Waals surface area contributed by atoms with Crippen LogP contribution < -0.4 is 15.4 Å². The molecule has 3 nitrogen and oxygen atoms in total. The summed E-state index contributed by atoms with van der Waals surface area (Å²) in [6, 6.07) is 6.44. The van der Waals surface area contributed by atoms with Crippen LogP contribution in [-0.2, 0) is 0 Å². The Morgan fingerprint density at radius 2 is 1.94 bits per heavy atom. The summed E-state index contributed by atoms with van der Waals surface area (Å²) in [5.41, 5.74) is 7.71. The van der Waals surface area contributed by atoms with Crippen molar-refractivity contribution in [3.8, 4) is 5.75 Å². The minimum Gasteiger partial charge on any atom is -0.492 e. The zero-order valence-corrected chi connectivity index (χ0v) is 11.5. The summed E-state index contributed by atoms with van der Waals surface area (Å²) in [7, 11) is 2.10. The van der Waals surface area contributed by atoms with Crippen molar-refractivity contribution in [2.24, 2.45) is 5.92 Å². The third kappa shape index (κ3) is 3.29. The SMILES string of the molecule is CCOc1cc(N(C)C(C)C(C)C)ccc1N. The Morgan fingerprint density at radius 1 is 1.29 bits per heavy atom. The second-order valence-corrected chi connectivity index (χ2v) is 4.75. The molecule has 1 atom stereocenters. The number of nitrogens with zero attached hydrogens (tertiary/aromatic N) is 1. The van der Waals surface area contributed by atoms with E-state index < -0.39 is 0 Å². The van der Waals surface area contributed by atoms with Gasteiger partial charge in [-0.15, -0.1) is 0 Å². The molecule has 1 rings (SSSR count). The molecule has 0 heterocycles. The minimum atomic E-state index is 0.480. The van der Waals surface area contributed by atoms with Gasteiger partial charge in [-0.3, -0.25) is 0 Å². The summed E-state index contributed by atoms with van der Waals surface area (Å²) >= 11 is 0. The zero-order valence-electron chi connectivity index (χ0n) is 11.5. The van der Waals surface area contributed by atoms with Crippen molar-refractivity contribution in [2.75, 3.05) is 24.3 Å². The maximum atomic E-state index is 5.87. The summed E-state index contributed by atoms with van der Waals surface area (Å²) < 4.78 is 5.52. The van der Waals surface area contributed by atoms with Gasteiger partial charge >= 0.3 is 0 Å². The molecule has 0 amide bonds. The Kier molecular flexibility index (Phi) is 4.67. The van der Waals surface area contributed by atoms with Crippen molar-refractivity contribution in [2.45, 2.75) is 33.7 Å². The Bertz CT molecular complexity index is 363. The van der Waals surface area contributed by atoms with Gasteiger partial charge in [0.2, 0.25) is 0 Å².